The van der Waals surface area contributed by atoms with Crippen LogP contribution in [0.3, 0.4) is 0 Å². The number of ether oxygens (including phenoxy) is 2. The van der Waals surface area contributed by atoms with Crippen molar-refractivity contribution >= 4 is 5.97 Å². The monoisotopic (exact) mass is 156 g/mol. The largest absolute Gasteiger partial charge is 0.484 e. The molecule has 62 valence electrons. The molecule has 0 bridgehead atoms. The predicted molar refractivity (Wildman–Crippen MR) is 39.9 cm³/mol. The van der Waals surface area contributed by atoms with Crippen LogP contribution in [0.15, 0.2) is 12.3 Å². The van der Waals surface area contributed by atoms with Crippen molar-refractivity contribution in [3.05, 3.63) is 12.3 Å². The number of hydrogen-bond acceptors (Lipinski definition) is 3. The van der Waals surface area contributed by atoms with E-state index in [1.54, 1.807) is 13.2 Å². The molecule has 3 nitrogen and oxygen atoms in total. The summed E-state index contributed by atoms with van der Waals surface area (Å²) in [5, 5.41) is 0. The zero-order valence-corrected chi connectivity index (χ0v) is 6.79. The molecule has 3 heteroatoms. The lowest BCUT2D eigenvalue weighted by molar-refractivity contribution is -0.162. The van der Waals surface area contributed by atoms with Gasteiger partial charge >= 0.3 is 5.97 Å². The Morgan fingerprint density at radius 2 is 2.45 bits per heavy atom. The van der Waals surface area contributed by atoms with Crippen molar-refractivity contribution in [2.24, 2.45) is 0 Å². The first-order chi connectivity index (χ1) is 5.19. The number of rotatable bonds is 1. The molecule has 0 N–H and O–H groups in total. The fraction of sp³-hybridized carbons (Fsp3) is 0.625. The first-order valence-corrected chi connectivity index (χ1v) is 3.60. The molecule has 0 radical (unpaired) electrons. The normalized spacial score (nSPS) is 29.3. The van der Waals surface area contributed by atoms with Crippen molar-refractivity contribution in [3.63, 3.8) is 0 Å². The smallest absolute Gasteiger partial charge is 0.349 e. The van der Waals surface area contributed by atoms with E-state index >= 15 is 0 Å². The van der Waals surface area contributed by atoms with Crippen molar-refractivity contribution in [1.29, 1.82) is 0 Å². The van der Waals surface area contributed by atoms with Crippen LogP contribution in [0.5, 0.6) is 0 Å². The van der Waals surface area contributed by atoms with E-state index in [0.717, 1.165) is 6.42 Å². The minimum atomic E-state index is -0.760. The highest BCUT2D eigenvalue weighted by molar-refractivity contribution is 5.79. The SMILES string of the molecule is COC(=O)C1(C)CCC=CO1. The highest BCUT2D eigenvalue weighted by Gasteiger charge is 2.36. The second-order valence-electron chi connectivity index (χ2n) is 2.75. The van der Waals surface area contributed by atoms with E-state index < -0.39 is 5.60 Å². The van der Waals surface area contributed by atoms with E-state index in [4.69, 9.17) is 4.74 Å². The topological polar surface area (TPSA) is 35.5 Å². The van der Waals surface area contributed by atoms with Crippen LogP contribution in [0.4, 0.5) is 0 Å². The first-order valence-electron chi connectivity index (χ1n) is 3.60. The molecule has 0 aliphatic carbocycles. The fourth-order valence-electron chi connectivity index (χ4n) is 1.05. The maximum absolute atomic E-state index is 11.1. The highest BCUT2D eigenvalue weighted by Crippen LogP contribution is 2.23. The van der Waals surface area contributed by atoms with Gasteiger partial charge in [0.05, 0.1) is 13.4 Å². The average molecular weight is 156 g/mol. The summed E-state index contributed by atoms with van der Waals surface area (Å²) in [4.78, 5) is 11.1. The van der Waals surface area contributed by atoms with Gasteiger partial charge in [-0.05, 0) is 19.4 Å². The fourth-order valence-corrected chi connectivity index (χ4v) is 1.05. The number of esters is 1. The average Bonchev–Trinajstić information content (AvgIpc) is 2.04. The van der Waals surface area contributed by atoms with Crippen molar-refractivity contribution < 1.29 is 14.3 Å². The van der Waals surface area contributed by atoms with E-state index in [1.165, 1.54) is 7.11 Å². The third-order valence-electron chi connectivity index (χ3n) is 1.83. The summed E-state index contributed by atoms with van der Waals surface area (Å²) in [5.41, 5.74) is -0.760. The Kier molecular flexibility index (Phi) is 2.17. The number of allylic oxidation sites excluding steroid dienone is 1. The van der Waals surface area contributed by atoms with Crippen LogP contribution in [0.1, 0.15) is 19.8 Å². The molecule has 1 rings (SSSR count). The van der Waals surface area contributed by atoms with E-state index in [0.29, 0.717) is 6.42 Å². The highest BCUT2D eigenvalue weighted by atomic mass is 16.6. The van der Waals surface area contributed by atoms with Crippen molar-refractivity contribution in [2.75, 3.05) is 7.11 Å². The van der Waals surface area contributed by atoms with Crippen LogP contribution in [0.2, 0.25) is 0 Å². The minimum Gasteiger partial charge on any atom is -0.484 e. The Morgan fingerprint density at radius 3 is 2.91 bits per heavy atom. The summed E-state index contributed by atoms with van der Waals surface area (Å²) in [5.74, 6) is -0.304. The van der Waals surface area contributed by atoms with Crippen molar-refractivity contribution in [3.8, 4) is 0 Å². The van der Waals surface area contributed by atoms with Crippen LogP contribution in [0, 0.1) is 0 Å². The third kappa shape index (κ3) is 1.53. The van der Waals surface area contributed by atoms with Gasteiger partial charge in [0.2, 0.25) is 5.60 Å². The lowest BCUT2D eigenvalue weighted by atomic mass is 9.98. The number of methoxy groups -OCH3 is 1. The van der Waals surface area contributed by atoms with Crippen LogP contribution >= 0.6 is 0 Å². The molecule has 0 aromatic carbocycles. The molecule has 0 aromatic rings. The molecule has 0 amide bonds. The van der Waals surface area contributed by atoms with Crippen molar-refractivity contribution in [1.82, 2.24) is 0 Å². The molecule has 1 heterocycles. The summed E-state index contributed by atoms with van der Waals surface area (Å²) in [6.07, 6.45) is 5.01. The number of hydrogen-bond donors (Lipinski definition) is 0. The van der Waals surface area contributed by atoms with Crippen LogP contribution in [-0.4, -0.2) is 18.7 Å². The first kappa shape index (κ1) is 8.11. The van der Waals surface area contributed by atoms with Gasteiger partial charge < -0.3 is 9.47 Å². The Morgan fingerprint density at radius 1 is 1.73 bits per heavy atom. The van der Waals surface area contributed by atoms with Crippen LogP contribution in [-0.2, 0) is 14.3 Å². The predicted octanol–water partition coefficient (Wildman–Crippen LogP) is 1.24. The molecule has 11 heavy (non-hydrogen) atoms. The quantitative estimate of drug-likeness (QED) is 0.536. The second kappa shape index (κ2) is 2.95. The molecule has 1 aliphatic heterocycles. The lowest BCUT2D eigenvalue weighted by Gasteiger charge is -2.27. The summed E-state index contributed by atoms with van der Waals surface area (Å²) in [6, 6.07) is 0. The molecule has 0 saturated carbocycles. The van der Waals surface area contributed by atoms with Crippen LogP contribution < -0.4 is 0 Å². The van der Waals surface area contributed by atoms with Gasteiger partial charge in [-0.1, -0.05) is 0 Å². The van der Waals surface area contributed by atoms with E-state index in [2.05, 4.69) is 4.74 Å². The Bertz CT molecular complexity index is 186. The molecule has 1 unspecified atom stereocenters. The van der Waals surface area contributed by atoms with E-state index in [9.17, 15) is 4.79 Å². The Labute approximate surface area is 66.0 Å². The maximum Gasteiger partial charge on any atom is 0.349 e. The van der Waals surface area contributed by atoms with E-state index in [-0.39, 0.29) is 5.97 Å². The molecule has 1 aliphatic rings. The van der Waals surface area contributed by atoms with Gasteiger partial charge in [-0.25, -0.2) is 4.79 Å². The van der Waals surface area contributed by atoms with Gasteiger partial charge in [0.1, 0.15) is 0 Å². The molecular weight excluding hydrogens is 144 g/mol. The van der Waals surface area contributed by atoms with Gasteiger partial charge in [0.25, 0.3) is 0 Å². The summed E-state index contributed by atoms with van der Waals surface area (Å²) < 4.78 is 9.76. The minimum absolute atomic E-state index is 0.304. The lowest BCUT2D eigenvalue weighted by Crippen LogP contribution is -2.39. The zero-order chi connectivity index (χ0) is 8.32. The molecular formula is C8H12O3. The third-order valence-corrected chi connectivity index (χ3v) is 1.83. The Balaban J connectivity index is 2.66. The van der Waals surface area contributed by atoms with Crippen molar-refractivity contribution in [2.45, 2.75) is 25.4 Å². The van der Waals surface area contributed by atoms with Crippen LogP contribution in [0.25, 0.3) is 0 Å². The summed E-state index contributed by atoms with van der Waals surface area (Å²) >= 11 is 0. The van der Waals surface area contributed by atoms with Gasteiger partial charge in [-0.15, -0.1) is 0 Å². The summed E-state index contributed by atoms with van der Waals surface area (Å²) in [7, 11) is 1.37. The maximum atomic E-state index is 11.1. The standard InChI is InChI=1S/C8H12O3/c1-8(7(9)10-2)5-3-4-6-11-8/h4,6H,3,5H2,1-2H3. The molecule has 0 saturated heterocycles. The van der Waals surface area contributed by atoms with E-state index in [1.807, 2.05) is 6.08 Å². The van der Waals surface area contributed by atoms with Gasteiger partial charge in [-0.3, -0.25) is 0 Å². The molecule has 0 spiro atoms. The van der Waals surface area contributed by atoms with Gasteiger partial charge in [0.15, 0.2) is 0 Å². The van der Waals surface area contributed by atoms with Gasteiger partial charge in [-0.2, -0.15) is 0 Å². The molecule has 0 fully saturated rings. The number of carbonyl (C=O) groups is 1. The second-order valence-corrected chi connectivity index (χ2v) is 2.75. The van der Waals surface area contributed by atoms with Gasteiger partial charge in [0, 0.05) is 6.42 Å². The Hall–Kier alpha value is -0.990. The number of carbonyl (C=O) groups excluding carboxylic acids is 1. The summed E-state index contributed by atoms with van der Waals surface area (Å²) in [6.45, 7) is 1.74. The molecule has 1 atom stereocenters. The zero-order valence-electron chi connectivity index (χ0n) is 6.79. The molecule has 0 aromatic heterocycles.